The van der Waals surface area contributed by atoms with Crippen LogP contribution in [0.2, 0.25) is 0 Å². The van der Waals surface area contributed by atoms with E-state index < -0.39 is 6.04 Å². The third-order valence-corrected chi connectivity index (χ3v) is 3.61. The van der Waals surface area contributed by atoms with Gasteiger partial charge in [0.2, 0.25) is 11.8 Å². The van der Waals surface area contributed by atoms with Gasteiger partial charge in [0.05, 0.1) is 13.2 Å². The van der Waals surface area contributed by atoms with E-state index in [9.17, 15) is 9.59 Å². The van der Waals surface area contributed by atoms with Crippen LogP contribution < -0.4 is 11.1 Å². The lowest BCUT2D eigenvalue weighted by Gasteiger charge is -2.36. The Hall–Kier alpha value is -1.14. The van der Waals surface area contributed by atoms with Crippen molar-refractivity contribution in [1.82, 2.24) is 10.2 Å². The highest BCUT2D eigenvalue weighted by atomic mass is 16.5. The van der Waals surface area contributed by atoms with E-state index in [1.54, 1.807) is 4.90 Å². The standard InChI is InChI=1S/C14H27N3O3/c1-5-16-13(19)10-9-20-7-6-17(10)12(18)8-11(15)14(2,3)4/h10-11H,5-9,15H2,1-4H3,(H,16,19). The number of carbonyl (C=O) groups is 2. The molecule has 0 aromatic carbocycles. The van der Waals surface area contributed by atoms with Gasteiger partial charge in [0.15, 0.2) is 0 Å². The molecule has 20 heavy (non-hydrogen) atoms. The smallest absolute Gasteiger partial charge is 0.245 e. The number of morpholine rings is 1. The summed E-state index contributed by atoms with van der Waals surface area (Å²) in [5.74, 6) is -0.239. The normalized spacial score (nSPS) is 21.4. The average Bonchev–Trinajstić information content (AvgIpc) is 2.37. The van der Waals surface area contributed by atoms with Gasteiger partial charge < -0.3 is 20.7 Å². The highest BCUT2D eigenvalue weighted by Gasteiger charge is 2.34. The Balaban J connectivity index is 2.70. The minimum absolute atomic E-state index is 0.0769. The van der Waals surface area contributed by atoms with Crippen molar-refractivity contribution in [3.63, 3.8) is 0 Å². The molecule has 0 saturated carbocycles. The fourth-order valence-electron chi connectivity index (χ4n) is 2.02. The second-order valence-corrected chi connectivity index (χ2v) is 6.25. The summed E-state index contributed by atoms with van der Waals surface area (Å²) in [6.45, 7) is 9.57. The number of hydrogen-bond acceptors (Lipinski definition) is 4. The molecule has 6 nitrogen and oxygen atoms in total. The molecule has 0 radical (unpaired) electrons. The maximum absolute atomic E-state index is 12.4. The van der Waals surface area contributed by atoms with Crippen molar-refractivity contribution in [2.24, 2.45) is 11.1 Å². The van der Waals surface area contributed by atoms with Crippen LogP contribution in [0.4, 0.5) is 0 Å². The van der Waals surface area contributed by atoms with Gasteiger partial charge in [0, 0.05) is 25.6 Å². The molecule has 0 bridgehead atoms. The minimum Gasteiger partial charge on any atom is -0.377 e. The molecule has 116 valence electrons. The molecule has 0 spiro atoms. The summed E-state index contributed by atoms with van der Waals surface area (Å²) in [4.78, 5) is 26.0. The highest BCUT2D eigenvalue weighted by molar-refractivity contribution is 5.88. The van der Waals surface area contributed by atoms with Crippen molar-refractivity contribution < 1.29 is 14.3 Å². The molecule has 2 atom stereocenters. The average molecular weight is 285 g/mol. The van der Waals surface area contributed by atoms with Gasteiger partial charge in [-0.2, -0.15) is 0 Å². The van der Waals surface area contributed by atoms with E-state index in [4.69, 9.17) is 10.5 Å². The van der Waals surface area contributed by atoms with E-state index in [2.05, 4.69) is 5.32 Å². The van der Waals surface area contributed by atoms with E-state index in [1.165, 1.54) is 0 Å². The maximum Gasteiger partial charge on any atom is 0.245 e. The summed E-state index contributed by atoms with van der Waals surface area (Å²) >= 11 is 0. The van der Waals surface area contributed by atoms with Crippen molar-refractivity contribution in [3.05, 3.63) is 0 Å². The Morgan fingerprint density at radius 3 is 2.65 bits per heavy atom. The number of hydrogen-bond donors (Lipinski definition) is 2. The number of amides is 2. The SMILES string of the molecule is CCNC(=O)C1COCCN1C(=O)CC(N)C(C)(C)C. The van der Waals surface area contributed by atoms with Crippen molar-refractivity contribution in [1.29, 1.82) is 0 Å². The van der Waals surface area contributed by atoms with E-state index in [0.717, 1.165) is 0 Å². The lowest BCUT2D eigenvalue weighted by molar-refractivity contribution is -0.149. The molecule has 1 heterocycles. The Morgan fingerprint density at radius 2 is 2.10 bits per heavy atom. The van der Waals surface area contributed by atoms with Gasteiger partial charge in [0.1, 0.15) is 6.04 Å². The molecule has 1 aliphatic rings. The number of likely N-dealkylation sites (N-methyl/N-ethyl adjacent to an activating group) is 1. The van der Waals surface area contributed by atoms with Gasteiger partial charge in [0.25, 0.3) is 0 Å². The molecular weight excluding hydrogens is 258 g/mol. The second-order valence-electron chi connectivity index (χ2n) is 6.25. The summed E-state index contributed by atoms with van der Waals surface area (Å²) in [6.07, 6.45) is 0.249. The molecule has 1 aliphatic heterocycles. The first-order chi connectivity index (χ1) is 9.27. The number of nitrogens with two attached hydrogens (primary N) is 1. The molecule has 0 aromatic heterocycles. The Bertz CT molecular complexity index is 352. The summed E-state index contributed by atoms with van der Waals surface area (Å²) in [6, 6.07) is -0.768. The van der Waals surface area contributed by atoms with Crippen LogP contribution in [0.1, 0.15) is 34.1 Å². The number of nitrogens with one attached hydrogen (secondary N) is 1. The van der Waals surface area contributed by atoms with Crippen LogP contribution in [-0.2, 0) is 14.3 Å². The molecule has 0 aromatic rings. The van der Waals surface area contributed by atoms with Gasteiger partial charge in [-0.1, -0.05) is 20.8 Å². The minimum atomic E-state index is -0.539. The van der Waals surface area contributed by atoms with Crippen LogP contribution in [0.15, 0.2) is 0 Å². The number of nitrogens with zero attached hydrogens (tertiary/aromatic N) is 1. The maximum atomic E-state index is 12.4. The Kier molecular flexibility index (Phi) is 5.95. The fourth-order valence-corrected chi connectivity index (χ4v) is 2.02. The van der Waals surface area contributed by atoms with Gasteiger partial charge in [-0.3, -0.25) is 9.59 Å². The number of rotatable bonds is 4. The predicted molar refractivity (Wildman–Crippen MR) is 77.1 cm³/mol. The van der Waals surface area contributed by atoms with E-state index in [0.29, 0.717) is 19.7 Å². The quantitative estimate of drug-likeness (QED) is 0.768. The van der Waals surface area contributed by atoms with Crippen LogP contribution in [0.5, 0.6) is 0 Å². The van der Waals surface area contributed by atoms with Crippen LogP contribution in [0, 0.1) is 5.41 Å². The Morgan fingerprint density at radius 1 is 1.45 bits per heavy atom. The Labute approximate surface area is 121 Å². The monoisotopic (exact) mass is 285 g/mol. The van der Waals surface area contributed by atoms with E-state index >= 15 is 0 Å². The zero-order valence-electron chi connectivity index (χ0n) is 12.9. The number of ether oxygens (including phenoxy) is 1. The van der Waals surface area contributed by atoms with Crippen molar-refractivity contribution in [3.8, 4) is 0 Å². The van der Waals surface area contributed by atoms with Gasteiger partial charge >= 0.3 is 0 Å². The first kappa shape index (κ1) is 16.9. The van der Waals surface area contributed by atoms with Crippen LogP contribution in [-0.4, -0.2) is 55.1 Å². The van der Waals surface area contributed by atoms with Crippen LogP contribution >= 0.6 is 0 Å². The first-order valence-electron chi connectivity index (χ1n) is 7.18. The zero-order valence-corrected chi connectivity index (χ0v) is 12.9. The van der Waals surface area contributed by atoms with Crippen molar-refractivity contribution in [2.75, 3.05) is 26.3 Å². The molecule has 0 aliphatic carbocycles. The lowest BCUT2D eigenvalue weighted by atomic mass is 9.85. The third-order valence-electron chi connectivity index (χ3n) is 3.61. The van der Waals surface area contributed by atoms with Crippen LogP contribution in [0.25, 0.3) is 0 Å². The summed E-state index contributed by atoms with van der Waals surface area (Å²) in [5, 5.41) is 2.74. The topological polar surface area (TPSA) is 84.7 Å². The summed E-state index contributed by atoms with van der Waals surface area (Å²) < 4.78 is 5.32. The third kappa shape index (κ3) is 4.45. The molecule has 1 saturated heterocycles. The van der Waals surface area contributed by atoms with Crippen LogP contribution in [0.3, 0.4) is 0 Å². The van der Waals surface area contributed by atoms with Gasteiger partial charge in [-0.15, -0.1) is 0 Å². The van der Waals surface area contributed by atoms with E-state index in [-0.39, 0.29) is 36.3 Å². The van der Waals surface area contributed by atoms with Gasteiger partial charge in [-0.25, -0.2) is 0 Å². The first-order valence-corrected chi connectivity index (χ1v) is 7.18. The van der Waals surface area contributed by atoms with Crippen molar-refractivity contribution in [2.45, 2.75) is 46.2 Å². The lowest BCUT2D eigenvalue weighted by Crippen LogP contribution is -2.57. The second kappa shape index (κ2) is 7.04. The predicted octanol–water partition coefficient (Wildman–Crippen LogP) is 0.113. The summed E-state index contributed by atoms with van der Waals surface area (Å²) in [5.41, 5.74) is 5.92. The molecule has 2 unspecified atom stereocenters. The summed E-state index contributed by atoms with van der Waals surface area (Å²) in [7, 11) is 0. The molecule has 3 N–H and O–H groups in total. The number of carbonyl (C=O) groups excluding carboxylic acids is 2. The molecule has 6 heteroatoms. The molecule has 1 rings (SSSR count). The highest BCUT2D eigenvalue weighted by Crippen LogP contribution is 2.21. The molecule has 1 fully saturated rings. The van der Waals surface area contributed by atoms with E-state index in [1.807, 2.05) is 27.7 Å². The molecular formula is C14H27N3O3. The molecule has 2 amide bonds. The largest absolute Gasteiger partial charge is 0.377 e. The fraction of sp³-hybridized carbons (Fsp3) is 0.857. The zero-order chi connectivity index (χ0) is 15.3. The van der Waals surface area contributed by atoms with Gasteiger partial charge in [-0.05, 0) is 12.3 Å². The van der Waals surface area contributed by atoms with Crippen molar-refractivity contribution >= 4 is 11.8 Å².